The van der Waals surface area contributed by atoms with Crippen LogP contribution in [-0.2, 0) is 6.18 Å². The van der Waals surface area contributed by atoms with Crippen LogP contribution >= 0.6 is 0 Å². The second-order valence-corrected chi connectivity index (χ2v) is 7.38. The molecule has 4 nitrogen and oxygen atoms in total. The van der Waals surface area contributed by atoms with Crippen molar-refractivity contribution in [1.29, 1.82) is 0 Å². The molecule has 0 radical (unpaired) electrons. The number of aromatic nitrogens is 1. The lowest BCUT2D eigenvalue weighted by atomic mass is 9.93. The first-order valence-electron chi connectivity index (χ1n) is 9.76. The number of hydrogen-bond acceptors (Lipinski definition) is 4. The van der Waals surface area contributed by atoms with Crippen molar-refractivity contribution in [2.75, 3.05) is 24.6 Å². The summed E-state index contributed by atoms with van der Waals surface area (Å²) in [7, 11) is 0. The number of benzene rings is 1. The van der Waals surface area contributed by atoms with Gasteiger partial charge in [0.05, 0.1) is 35.7 Å². The Labute approximate surface area is 174 Å². The van der Waals surface area contributed by atoms with E-state index in [1.165, 1.54) is 6.07 Å². The van der Waals surface area contributed by atoms with Gasteiger partial charge in [0, 0.05) is 25.2 Å². The Morgan fingerprint density at radius 1 is 1.19 bits per heavy atom. The zero-order valence-electron chi connectivity index (χ0n) is 16.4. The van der Waals surface area contributed by atoms with Crippen LogP contribution in [0.3, 0.4) is 0 Å². The topological polar surface area (TPSA) is 37.4 Å². The highest BCUT2D eigenvalue weighted by atomic mass is 19.4. The molecule has 2 atom stereocenters. The predicted octanol–water partition coefficient (Wildman–Crippen LogP) is 4.91. The van der Waals surface area contributed by atoms with Crippen molar-refractivity contribution < 1.29 is 31.1 Å². The molecular formula is C21H19F6N3O. The third-order valence-corrected chi connectivity index (χ3v) is 5.50. The summed E-state index contributed by atoms with van der Waals surface area (Å²) in [6.45, 7) is 2.25. The second-order valence-electron chi connectivity index (χ2n) is 7.38. The molecule has 1 fully saturated rings. The van der Waals surface area contributed by atoms with Crippen LogP contribution in [0, 0.1) is 17.6 Å². The normalized spacial score (nSPS) is 21.2. The lowest BCUT2D eigenvalue weighted by Gasteiger charge is -2.37. The zero-order chi connectivity index (χ0) is 22.3. The van der Waals surface area contributed by atoms with E-state index < -0.39 is 40.8 Å². The van der Waals surface area contributed by atoms with Crippen LogP contribution < -0.4 is 15.0 Å². The Balaban J connectivity index is 1.65. The summed E-state index contributed by atoms with van der Waals surface area (Å²) in [4.78, 5) is 5.17. The quantitative estimate of drug-likeness (QED) is 0.682. The Morgan fingerprint density at radius 3 is 2.55 bits per heavy atom. The molecule has 0 spiro atoms. The van der Waals surface area contributed by atoms with E-state index >= 15 is 4.39 Å². The number of nitrogens with zero attached hydrogens (tertiary/aromatic N) is 2. The van der Waals surface area contributed by atoms with E-state index in [1.807, 2.05) is 0 Å². The number of nitrogens with one attached hydrogen (secondary N) is 1. The number of piperidine rings is 1. The van der Waals surface area contributed by atoms with Crippen LogP contribution in [0.15, 0.2) is 36.3 Å². The highest BCUT2D eigenvalue weighted by Gasteiger charge is 2.42. The van der Waals surface area contributed by atoms with Crippen LogP contribution in [0.5, 0.6) is 5.75 Å². The fraction of sp³-hybridized carbons (Fsp3) is 0.381. The largest absolute Gasteiger partial charge is 0.492 e. The molecule has 3 heterocycles. The van der Waals surface area contributed by atoms with E-state index in [0.717, 1.165) is 24.4 Å². The van der Waals surface area contributed by atoms with Crippen molar-refractivity contribution in [3.8, 4) is 5.75 Å². The maximum Gasteiger partial charge on any atom is 0.433 e. The van der Waals surface area contributed by atoms with Crippen LogP contribution in [-0.4, -0.2) is 30.7 Å². The van der Waals surface area contributed by atoms with Gasteiger partial charge in [-0.1, -0.05) is 6.07 Å². The lowest BCUT2D eigenvalue weighted by molar-refractivity contribution is -0.141. The number of ether oxygens (including phenoxy) is 1. The number of fused-ring (bicyclic) bond motifs is 1. The van der Waals surface area contributed by atoms with Crippen molar-refractivity contribution >= 4 is 11.4 Å². The molecule has 10 heteroatoms. The van der Waals surface area contributed by atoms with Crippen molar-refractivity contribution in [3.05, 3.63) is 59.2 Å². The molecule has 2 unspecified atom stereocenters. The SMILES string of the molecule is CCOc1cc(C(F)(F)F)ncc1N1CCC2NC(c3c(F)cccc3F)=C(F)C2C1. The van der Waals surface area contributed by atoms with Gasteiger partial charge in [-0.15, -0.1) is 0 Å². The van der Waals surface area contributed by atoms with Crippen molar-refractivity contribution in [2.24, 2.45) is 5.92 Å². The molecule has 2 aliphatic rings. The van der Waals surface area contributed by atoms with E-state index in [0.29, 0.717) is 18.7 Å². The van der Waals surface area contributed by atoms with Gasteiger partial charge in [0.1, 0.15) is 28.9 Å². The smallest absolute Gasteiger partial charge is 0.433 e. The molecule has 1 saturated heterocycles. The van der Waals surface area contributed by atoms with Gasteiger partial charge in [-0.25, -0.2) is 18.2 Å². The van der Waals surface area contributed by atoms with Crippen molar-refractivity contribution in [3.63, 3.8) is 0 Å². The first kappa shape index (κ1) is 21.3. The molecule has 1 aromatic heterocycles. The highest BCUT2D eigenvalue weighted by molar-refractivity contribution is 5.70. The summed E-state index contributed by atoms with van der Waals surface area (Å²) >= 11 is 0. The zero-order valence-corrected chi connectivity index (χ0v) is 16.4. The lowest BCUT2D eigenvalue weighted by Crippen LogP contribution is -2.45. The van der Waals surface area contributed by atoms with Gasteiger partial charge >= 0.3 is 6.18 Å². The average Bonchev–Trinajstić information content (AvgIpc) is 3.03. The number of anilines is 1. The third kappa shape index (κ3) is 3.90. The molecule has 0 amide bonds. The van der Waals surface area contributed by atoms with Gasteiger partial charge in [-0.05, 0) is 25.5 Å². The average molecular weight is 443 g/mol. The molecule has 1 N–H and O–H groups in total. The molecule has 1 aromatic carbocycles. The molecular weight excluding hydrogens is 424 g/mol. The number of rotatable bonds is 4. The molecule has 2 aromatic rings. The van der Waals surface area contributed by atoms with Crippen molar-refractivity contribution in [1.82, 2.24) is 10.3 Å². The number of hydrogen-bond donors (Lipinski definition) is 1. The summed E-state index contributed by atoms with van der Waals surface area (Å²) in [6, 6.07) is 3.74. The molecule has 166 valence electrons. The maximum absolute atomic E-state index is 15.2. The maximum atomic E-state index is 15.2. The Hall–Kier alpha value is -2.91. The van der Waals surface area contributed by atoms with Crippen molar-refractivity contribution in [2.45, 2.75) is 25.6 Å². The molecule has 31 heavy (non-hydrogen) atoms. The highest BCUT2D eigenvalue weighted by Crippen LogP contribution is 2.41. The minimum atomic E-state index is -4.62. The van der Waals surface area contributed by atoms with E-state index in [1.54, 1.807) is 11.8 Å². The van der Waals surface area contributed by atoms with E-state index in [2.05, 4.69) is 10.3 Å². The minimum Gasteiger partial charge on any atom is -0.492 e. The summed E-state index contributed by atoms with van der Waals surface area (Å²) in [5.74, 6) is -3.16. The summed E-state index contributed by atoms with van der Waals surface area (Å²) < 4.78 is 88.0. The number of pyridine rings is 1. The Kier molecular flexibility index (Phi) is 5.49. The van der Waals surface area contributed by atoms with Crippen LogP contribution in [0.2, 0.25) is 0 Å². The first-order chi connectivity index (χ1) is 14.7. The minimum absolute atomic E-state index is 0.000935. The number of alkyl halides is 3. The first-order valence-corrected chi connectivity index (χ1v) is 9.76. The van der Waals surface area contributed by atoms with Gasteiger partial charge in [0.15, 0.2) is 0 Å². The Morgan fingerprint density at radius 2 is 1.90 bits per heavy atom. The van der Waals surface area contributed by atoms with Gasteiger partial charge in [0.25, 0.3) is 0 Å². The predicted molar refractivity (Wildman–Crippen MR) is 102 cm³/mol. The third-order valence-electron chi connectivity index (χ3n) is 5.50. The monoisotopic (exact) mass is 443 g/mol. The van der Waals surface area contributed by atoms with Gasteiger partial charge < -0.3 is 15.0 Å². The van der Waals surface area contributed by atoms with Gasteiger partial charge in [-0.2, -0.15) is 13.2 Å². The molecule has 4 rings (SSSR count). The molecule has 0 bridgehead atoms. The van der Waals surface area contributed by atoms with Gasteiger partial charge in [-0.3, -0.25) is 0 Å². The Bertz CT molecular complexity index is 1000. The van der Waals surface area contributed by atoms with Crippen LogP contribution in [0.1, 0.15) is 24.6 Å². The molecule has 2 aliphatic heterocycles. The van der Waals surface area contributed by atoms with Crippen LogP contribution in [0.4, 0.5) is 32.0 Å². The fourth-order valence-electron chi connectivity index (χ4n) is 4.06. The van der Waals surface area contributed by atoms with Crippen LogP contribution in [0.25, 0.3) is 5.70 Å². The van der Waals surface area contributed by atoms with E-state index in [-0.39, 0.29) is 30.6 Å². The molecule has 0 aliphatic carbocycles. The second kappa shape index (κ2) is 7.97. The standard InChI is InChI=1S/C21H19F6N3O/c1-2-31-16-8-17(21(25,26)27)28-9-15(16)30-7-6-14-11(10-30)19(24)20(29-14)18-12(22)4-3-5-13(18)23/h3-5,8-9,11,14,29H,2,6-7,10H2,1H3. The number of halogens is 6. The summed E-state index contributed by atoms with van der Waals surface area (Å²) in [5, 5.41) is 2.88. The van der Waals surface area contributed by atoms with E-state index in [9.17, 15) is 22.0 Å². The van der Waals surface area contributed by atoms with Gasteiger partial charge in [0.2, 0.25) is 0 Å². The van der Waals surface area contributed by atoms with E-state index in [4.69, 9.17) is 4.74 Å². The fourth-order valence-corrected chi connectivity index (χ4v) is 4.06. The molecule has 0 saturated carbocycles. The summed E-state index contributed by atoms with van der Waals surface area (Å²) in [5.41, 5.74) is -1.44. The summed E-state index contributed by atoms with van der Waals surface area (Å²) in [6.07, 6.45) is -3.15.